The molecule has 2 aliphatic carbocycles. The third-order valence-electron chi connectivity index (χ3n) is 6.21. The number of hydrazone groups is 1. The molecule has 2 aliphatic rings. The Kier molecular flexibility index (Phi) is 6.60. The van der Waals surface area contributed by atoms with Gasteiger partial charge in [-0.25, -0.2) is 5.43 Å². The van der Waals surface area contributed by atoms with E-state index in [9.17, 15) is 24.6 Å². The Morgan fingerprint density at radius 3 is 2.47 bits per heavy atom. The Hall–Kier alpha value is -2.93. The Bertz CT molecular complexity index is 1040. The second kappa shape index (κ2) is 8.90. The molecule has 3 rings (SSSR count). The van der Waals surface area contributed by atoms with Gasteiger partial charge in [-0.1, -0.05) is 49.2 Å². The topological polar surface area (TPSA) is 116 Å². The lowest BCUT2D eigenvalue weighted by Gasteiger charge is -2.38. The SMILES string of the molecule is CC1=CC[C@](C(=O)O)(C(=O)N/N=C\C2=C(O)CC(C)(C)CC2=O)[C@H](c2ccc(Cl)cc2)C1. The highest BCUT2D eigenvalue weighted by Gasteiger charge is 2.53. The van der Waals surface area contributed by atoms with Crippen LogP contribution in [-0.2, 0) is 14.4 Å². The van der Waals surface area contributed by atoms with Crippen LogP contribution in [0.15, 0.2) is 52.3 Å². The van der Waals surface area contributed by atoms with E-state index >= 15 is 0 Å². The number of nitrogens with zero attached hydrogens (tertiary/aromatic N) is 1. The van der Waals surface area contributed by atoms with E-state index in [-0.39, 0.29) is 35.4 Å². The number of hydrogen-bond acceptors (Lipinski definition) is 5. The number of nitrogens with one attached hydrogen (secondary N) is 1. The van der Waals surface area contributed by atoms with Crippen molar-refractivity contribution in [1.29, 1.82) is 0 Å². The minimum Gasteiger partial charge on any atom is -0.511 e. The largest absolute Gasteiger partial charge is 0.511 e. The van der Waals surface area contributed by atoms with E-state index in [4.69, 9.17) is 11.6 Å². The molecule has 0 spiro atoms. The van der Waals surface area contributed by atoms with Crippen LogP contribution in [0.25, 0.3) is 0 Å². The Labute approximate surface area is 191 Å². The zero-order valence-electron chi connectivity index (χ0n) is 18.3. The molecule has 0 fully saturated rings. The van der Waals surface area contributed by atoms with Crippen LogP contribution in [0, 0.1) is 10.8 Å². The van der Waals surface area contributed by atoms with E-state index in [1.807, 2.05) is 20.8 Å². The number of carbonyl (C=O) groups excluding carboxylic acids is 2. The van der Waals surface area contributed by atoms with E-state index in [1.54, 1.807) is 30.3 Å². The molecule has 0 bridgehead atoms. The van der Waals surface area contributed by atoms with Gasteiger partial charge < -0.3 is 10.2 Å². The number of carboxylic acids is 1. The molecule has 8 heteroatoms. The van der Waals surface area contributed by atoms with Gasteiger partial charge in [0.1, 0.15) is 5.76 Å². The first-order valence-electron chi connectivity index (χ1n) is 10.4. The summed E-state index contributed by atoms with van der Waals surface area (Å²) in [6.45, 7) is 5.65. The van der Waals surface area contributed by atoms with Gasteiger partial charge in [0.15, 0.2) is 11.2 Å². The lowest BCUT2D eigenvalue weighted by atomic mass is 9.64. The number of allylic oxidation sites excluding steroid dienone is 4. The van der Waals surface area contributed by atoms with E-state index < -0.39 is 23.2 Å². The number of carboxylic acid groups (broad SMARTS) is 1. The quantitative estimate of drug-likeness (QED) is 0.259. The molecule has 0 aromatic heterocycles. The molecular formula is C24H27ClN2O5. The van der Waals surface area contributed by atoms with Gasteiger partial charge in [-0.05, 0) is 42.9 Å². The minimum absolute atomic E-state index is 0.00385. The van der Waals surface area contributed by atoms with Gasteiger partial charge in [0.2, 0.25) is 0 Å². The van der Waals surface area contributed by atoms with Gasteiger partial charge in [-0.3, -0.25) is 14.4 Å². The number of amides is 1. The Balaban J connectivity index is 1.90. The van der Waals surface area contributed by atoms with Crippen LogP contribution in [0.4, 0.5) is 0 Å². The average molecular weight is 459 g/mol. The highest BCUT2D eigenvalue weighted by atomic mass is 35.5. The van der Waals surface area contributed by atoms with E-state index in [0.717, 1.165) is 11.8 Å². The maximum Gasteiger partial charge on any atom is 0.320 e. The molecule has 1 amide bonds. The highest BCUT2D eigenvalue weighted by molar-refractivity contribution is 6.30. The maximum absolute atomic E-state index is 13.2. The molecule has 170 valence electrons. The van der Waals surface area contributed by atoms with E-state index in [2.05, 4.69) is 10.5 Å². The van der Waals surface area contributed by atoms with Crippen molar-refractivity contribution in [1.82, 2.24) is 5.43 Å². The van der Waals surface area contributed by atoms with Crippen molar-refractivity contribution in [3.05, 3.63) is 57.8 Å². The molecule has 0 aliphatic heterocycles. The number of aliphatic carboxylic acids is 1. The lowest BCUT2D eigenvalue weighted by molar-refractivity contribution is -0.158. The summed E-state index contributed by atoms with van der Waals surface area (Å²) in [5.74, 6) is -3.03. The van der Waals surface area contributed by atoms with E-state index in [1.165, 1.54) is 0 Å². The van der Waals surface area contributed by atoms with Crippen LogP contribution < -0.4 is 5.43 Å². The van der Waals surface area contributed by atoms with Crippen molar-refractivity contribution in [2.24, 2.45) is 15.9 Å². The van der Waals surface area contributed by atoms with Gasteiger partial charge in [0.05, 0.1) is 11.8 Å². The molecule has 0 heterocycles. The van der Waals surface area contributed by atoms with Crippen molar-refractivity contribution >= 4 is 35.5 Å². The molecule has 0 saturated heterocycles. The summed E-state index contributed by atoms with van der Waals surface area (Å²) >= 11 is 5.98. The molecule has 1 aromatic carbocycles. The Morgan fingerprint density at radius 2 is 1.88 bits per heavy atom. The third-order valence-corrected chi connectivity index (χ3v) is 6.46. The number of aliphatic hydroxyl groups is 1. The molecular weight excluding hydrogens is 432 g/mol. The number of rotatable bonds is 5. The number of halogens is 1. The number of benzene rings is 1. The van der Waals surface area contributed by atoms with Crippen LogP contribution in [0.3, 0.4) is 0 Å². The summed E-state index contributed by atoms with van der Waals surface area (Å²) in [6, 6.07) is 6.79. The van der Waals surface area contributed by atoms with Crippen LogP contribution in [-0.4, -0.2) is 34.1 Å². The number of Topliss-reactive ketones (excluding diaryl/α,β-unsaturated/α-hetero) is 1. The second-order valence-electron chi connectivity index (χ2n) is 9.34. The van der Waals surface area contributed by atoms with Gasteiger partial charge in [-0.15, -0.1) is 0 Å². The van der Waals surface area contributed by atoms with Crippen LogP contribution >= 0.6 is 11.6 Å². The smallest absolute Gasteiger partial charge is 0.320 e. The molecule has 32 heavy (non-hydrogen) atoms. The summed E-state index contributed by atoms with van der Waals surface area (Å²) in [6.07, 6.45) is 3.81. The monoisotopic (exact) mass is 458 g/mol. The first-order chi connectivity index (χ1) is 15.0. The number of hydrogen-bond donors (Lipinski definition) is 3. The first-order valence-corrected chi connectivity index (χ1v) is 10.8. The van der Waals surface area contributed by atoms with Gasteiger partial charge >= 0.3 is 5.97 Å². The van der Waals surface area contributed by atoms with Gasteiger partial charge in [0.25, 0.3) is 5.91 Å². The highest BCUT2D eigenvalue weighted by Crippen LogP contribution is 2.47. The lowest BCUT2D eigenvalue weighted by Crippen LogP contribution is -2.50. The normalized spacial score (nSPS) is 25.6. The van der Waals surface area contributed by atoms with Crippen molar-refractivity contribution in [3.63, 3.8) is 0 Å². The summed E-state index contributed by atoms with van der Waals surface area (Å²) in [5, 5.41) is 24.7. The van der Waals surface area contributed by atoms with Crippen LogP contribution in [0.2, 0.25) is 5.02 Å². The van der Waals surface area contributed by atoms with Crippen molar-refractivity contribution < 1.29 is 24.6 Å². The molecule has 0 unspecified atom stereocenters. The fourth-order valence-electron chi connectivity index (χ4n) is 4.44. The number of aliphatic hydroxyl groups excluding tert-OH is 1. The zero-order chi connectivity index (χ0) is 23.7. The van der Waals surface area contributed by atoms with Gasteiger partial charge in [-0.2, -0.15) is 5.10 Å². The van der Waals surface area contributed by atoms with Crippen LogP contribution in [0.1, 0.15) is 57.9 Å². The minimum atomic E-state index is -1.78. The summed E-state index contributed by atoms with van der Waals surface area (Å²) < 4.78 is 0. The van der Waals surface area contributed by atoms with Gasteiger partial charge in [0, 0.05) is 23.8 Å². The fraction of sp³-hybridized carbons (Fsp3) is 0.417. The van der Waals surface area contributed by atoms with E-state index in [0.29, 0.717) is 23.4 Å². The van der Waals surface area contributed by atoms with Crippen molar-refractivity contribution in [3.8, 4) is 0 Å². The number of ketones is 1. The van der Waals surface area contributed by atoms with Crippen LogP contribution in [0.5, 0.6) is 0 Å². The average Bonchev–Trinajstić information content (AvgIpc) is 2.69. The van der Waals surface area contributed by atoms with Crippen molar-refractivity contribution in [2.45, 2.75) is 52.4 Å². The maximum atomic E-state index is 13.2. The molecule has 0 saturated carbocycles. The predicted octanol–water partition coefficient (Wildman–Crippen LogP) is 4.54. The Morgan fingerprint density at radius 1 is 1.22 bits per heavy atom. The molecule has 0 radical (unpaired) electrons. The predicted molar refractivity (Wildman–Crippen MR) is 122 cm³/mol. The molecule has 2 atom stereocenters. The summed E-state index contributed by atoms with van der Waals surface area (Å²) in [7, 11) is 0. The number of carbonyl (C=O) groups is 3. The molecule has 3 N–H and O–H groups in total. The first kappa shape index (κ1) is 23.7. The standard InChI is InChI=1S/C24H27ClN2O5/c1-14-8-9-24(22(31)32,18(10-14)15-4-6-16(25)7-5-15)21(30)27-26-13-17-19(28)11-23(2,3)12-20(17)29/h4-8,13,18,28H,9-12H2,1-3H3,(H,27,30)(H,31,32)/b26-13-/t18-,24+/m0/s1. The molecule has 7 nitrogen and oxygen atoms in total. The second-order valence-corrected chi connectivity index (χ2v) is 9.78. The zero-order valence-corrected chi connectivity index (χ0v) is 19.1. The third kappa shape index (κ3) is 4.63. The summed E-state index contributed by atoms with van der Waals surface area (Å²) in [5.41, 5.74) is 1.88. The summed E-state index contributed by atoms with van der Waals surface area (Å²) in [4.78, 5) is 38.0. The fourth-order valence-corrected chi connectivity index (χ4v) is 4.57. The van der Waals surface area contributed by atoms with Crippen molar-refractivity contribution in [2.75, 3.05) is 0 Å². The molecule has 1 aromatic rings.